The lowest BCUT2D eigenvalue weighted by Crippen LogP contribution is -2.24. The largest absolute Gasteiger partial charge is 0.345 e. The molecule has 0 saturated heterocycles. The Morgan fingerprint density at radius 1 is 1.12 bits per heavy atom. The Hall–Kier alpha value is -3.09. The summed E-state index contributed by atoms with van der Waals surface area (Å²) in [4.78, 5) is 24.2. The van der Waals surface area contributed by atoms with Crippen molar-refractivity contribution in [1.82, 2.24) is 30.0 Å². The highest BCUT2D eigenvalue weighted by molar-refractivity contribution is 5.91. The van der Waals surface area contributed by atoms with Crippen molar-refractivity contribution >= 4 is 5.91 Å². The van der Waals surface area contributed by atoms with Crippen LogP contribution in [-0.4, -0.2) is 30.6 Å². The van der Waals surface area contributed by atoms with Crippen LogP contribution in [0, 0.1) is 0 Å². The van der Waals surface area contributed by atoms with Gasteiger partial charge in [-0.15, -0.1) is 0 Å². The molecule has 0 radical (unpaired) electrons. The summed E-state index contributed by atoms with van der Waals surface area (Å²) < 4.78 is 2.12. The van der Waals surface area contributed by atoms with Crippen LogP contribution in [0.3, 0.4) is 0 Å². The lowest BCUT2D eigenvalue weighted by Gasteiger charge is -2.14. The van der Waals surface area contributed by atoms with Gasteiger partial charge in [0.05, 0.1) is 30.2 Å². The van der Waals surface area contributed by atoms with Crippen molar-refractivity contribution in [3.8, 4) is 11.3 Å². The molecule has 1 aliphatic rings. The van der Waals surface area contributed by atoms with Crippen molar-refractivity contribution in [3.63, 3.8) is 0 Å². The van der Waals surface area contributed by atoms with Gasteiger partial charge >= 0.3 is 0 Å². The van der Waals surface area contributed by atoms with Crippen LogP contribution in [0.2, 0.25) is 0 Å². The molecule has 1 N–H and O–H groups in total. The van der Waals surface area contributed by atoms with Crippen molar-refractivity contribution in [2.45, 2.75) is 38.3 Å². The highest BCUT2D eigenvalue weighted by Gasteiger charge is 2.22. The van der Waals surface area contributed by atoms with Crippen molar-refractivity contribution < 1.29 is 4.79 Å². The fraction of sp³-hybridized carbons (Fsp3) is 0.316. The second-order valence-electron chi connectivity index (χ2n) is 6.41. The molecule has 3 aromatic heterocycles. The molecular formula is C19H20N6O. The number of nitrogens with one attached hydrogen (secondary N) is 1. The molecule has 132 valence electrons. The second kappa shape index (κ2) is 7.43. The molecule has 0 aromatic carbocycles. The van der Waals surface area contributed by atoms with Crippen LogP contribution < -0.4 is 5.32 Å². The molecule has 0 unspecified atom stereocenters. The van der Waals surface area contributed by atoms with Gasteiger partial charge in [0.25, 0.3) is 5.91 Å². The molecule has 4 rings (SSSR count). The molecule has 1 fully saturated rings. The molecule has 1 saturated carbocycles. The first-order valence-electron chi connectivity index (χ1n) is 8.84. The Balaban J connectivity index is 1.56. The van der Waals surface area contributed by atoms with Crippen molar-refractivity contribution in [1.29, 1.82) is 0 Å². The molecule has 0 bridgehead atoms. The average Bonchev–Trinajstić information content (AvgIpc) is 3.37. The van der Waals surface area contributed by atoms with E-state index in [0.29, 0.717) is 18.3 Å². The maximum absolute atomic E-state index is 12.2. The van der Waals surface area contributed by atoms with Crippen LogP contribution in [-0.2, 0) is 6.54 Å². The number of aromatic nitrogens is 5. The first-order valence-corrected chi connectivity index (χ1v) is 8.84. The summed E-state index contributed by atoms with van der Waals surface area (Å²) in [5.41, 5.74) is 3.30. The summed E-state index contributed by atoms with van der Waals surface area (Å²) >= 11 is 0. The van der Waals surface area contributed by atoms with E-state index >= 15 is 0 Å². The van der Waals surface area contributed by atoms with Crippen molar-refractivity contribution in [3.05, 3.63) is 60.6 Å². The topological polar surface area (TPSA) is 85.6 Å². The van der Waals surface area contributed by atoms with Gasteiger partial charge in [-0.1, -0.05) is 12.8 Å². The minimum Gasteiger partial charge on any atom is -0.345 e. The summed E-state index contributed by atoms with van der Waals surface area (Å²) in [6, 6.07) is 6.45. The zero-order chi connectivity index (χ0) is 17.8. The minimum absolute atomic E-state index is 0.251. The molecule has 3 aromatic rings. The van der Waals surface area contributed by atoms with Crippen molar-refractivity contribution in [2.24, 2.45) is 0 Å². The zero-order valence-electron chi connectivity index (χ0n) is 14.4. The fourth-order valence-corrected chi connectivity index (χ4v) is 3.37. The lowest BCUT2D eigenvalue weighted by atomic mass is 10.1. The van der Waals surface area contributed by atoms with Crippen molar-refractivity contribution in [2.75, 3.05) is 0 Å². The van der Waals surface area contributed by atoms with E-state index < -0.39 is 0 Å². The maximum atomic E-state index is 12.2. The number of pyridine rings is 1. The predicted octanol–water partition coefficient (Wildman–Crippen LogP) is 2.78. The van der Waals surface area contributed by atoms with Gasteiger partial charge in [-0.25, -0.2) is 4.98 Å². The standard InChI is InChI=1S/C19H20N6O/c26-19(17-13-21-9-10-22-17)23-12-15-11-18(14-5-7-20-8-6-14)25(24-15)16-3-1-2-4-16/h5-11,13,16H,1-4,12H2,(H,23,26). The molecular weight excluding hydrogens is 328 g/mol. The molecule has 26 heavy (non-hydrogen) atoms. The summed E-state index contributed by atoms with van der Waals surface area (Å²) in [5.74, 6) is -0.251. The first-order chi connectivity index (χ1) is 12.8. The number of carbonyl (C=O) groups is 1. The quantitative estimate of drug-likeness (QED) is 0.766. The Bertz CT molecular complexity index is 872. The van der Waals surface area contributed by atoms with E-state index in [1.54, 1.807) is 18.6 Å². The number of amides is 1. The number of carbonyl (C=O) groups excluding carboxylic acids is 1. The third-order valence-corrected chi connectivity index (χ3v) is 4.66. The van der Waals surface area contributed by atoms with E-state index in [2.05, 4.69) is 25.0 Å². The average molecular weight is 348 g/mol. The molecule has 7 nitrogen and oxygen atoms in total. The smallest absolute Gasteiger partial charge is 0.271 e. The molecule has 1 amide bonds. The fourth-order valence-electron chi connectivity index (χ4n) is 3.37. The number of hydrogen-bond donors (Lipinski definition) is 1. The highest BCUT2D eigenvalue weighted by Crippen LogP contribution is 2.33. The highest BCUT2D eigenvalue weighted by atomic mass is 16.1. The van der Waals surface area contributed by atoms with E-state index in [1.165, 1.54) is 25.2 Å². The first kappa shape index (κ1) is 16.4. The second-order valence-corrected chi connectivity index (χ2v) is 6.41. The zero-order valence-corrected chi connectivity index (χ0v) is 14.4. The molecule has 0 spiro atoms. The van der Waals surface area contributed by atoms with Gasteiger partial charge in [0, 0.05) is 30.4 Å². The molecule has 3 heterocycles. The lowest BCUT2D eigenvalue weighted by molar-refractivity contribution is 0.0945. The minimum atomic E-state index is -0.251. The number of rotatable bonds is 5. The van der Waals surface area contributed by atoms with Crippen LogP contribution in [0.15, 0.2) is 49.2 Å². The summed E-state index contributed by atoms with van der Waals surface area (Å²) in [7, 11) is 0. The van der Waals surface area contributed by atoms with E-state index in [0.717, 1.165) is 29.8 Å². The summed E-state index contributed by atoms with van der Waals surface area (Å²) in [5, 5.41) is 7.65. The third kappa shape index (κ3) is 3.46. The van der Waals surface area contributed by atoms with Gasteiger partial charge < -0.3 is 5.32 Å². The van der Waals surface area contributed by atoms with Gasteiger partial charge in [-0.05, 0) is 31.0 Å². The maximum Gasteiger partial charge on any atom is 0.271 e. The Morgan fingerprint density at radius 2 is 1.92 bits per heavy atom. The van der Waals surface area contributed by atoms with Gasteiger partial charge in [0.2, 0.25) is 0 Å². The van der Waals surface area contributed by atoms with E-state index in [-0.39, 0.29) is 5.91 Å². The number of hydrogen-bond acceptors (Lipinski definition) is 5. The molecule has 0 atom stereocenters. The van der Waals surface area contributed by atoms with Crippen LogP contribution >= 0.6 is 0 Å². The van der Waals surface area contributed by atoms with Crippen LogP contribution in [0.25, 0.3) is 11.3 Å². The van der Waals surface area contributed by atoms with Gasteiger partial charge in [0.15, 0.2) is 0 Å². The van der Waals surface area contributed by atoms with E-state index in [4.69, 9.17) is 5.10 Å². The number of nitrogens with zero attached hydrogens (tertiary/aromatic N) is 5. The normalized spacial score (nSPS) is 14.5. The van der Waals surface area contributed by atoms with Gasteiger partial charge in [-0.2, -0.15) is 5.10 Å². The summed E-state index contributed by atoms with van der Waals surface area (Å²) in [6.45, 7) is 0.354. The molecule has 1 aliphatic carbocycles. The molecule has 0 aliphatic heterocycles. The van der Waals surface area contributed by atoms with E-state index in [9.17, 15) is 4.79 Å². The SMILES string of the molecule is O=C(NCc1cc(-c2ccncc2)n(C2CCCC2)n1)c1cnccn1. The van der Waals surface area contributed by atoms with Crippen LogP contribution in [0.4, 0.5) is 0 Å². The van der Waals surface area contributed by atoms with Gasteiger partial charge in [-0.3, -0.25) is 19.4 Å². The Kier molecular flexibility index (Phi) is 4.68. The van der Waals surface area contributed by atoms with E-state index in [1.807, 2.05) is 18.2 Å². The van der Waals surface area contributed by atoms with Gasteiger partial charge in [0.1, 0.15) is 5.69 Å². The van der Waals surface area contributed by atoms with Crippen LogP contribution in [0.1, 0.15) is 47.9 Å². The predicted molar refractivity (Wildman–Crippen MR) is 96.2 cm³/mol. The molecule has 7 heteroatoms. The Labute approximate surface area is 151 Å². The third-order valence-electron chi connectivity index (χ3n) is 4.66. The summed E-state index contributed by atoms with van der Waals surface area (Å²) in [6.07, 6.45) is 12.8. The Morgan fingerprint density at radius 3 is 2.65 bits per heavy atom. The van der Waals surface area contributed by atoms with Crippen LogP contribution in [0.5, 0.6) is 0 Å². The monoisotopic (exact) mass is 348 g/mol.